The number of benzene rings is 1. The number of hydrogen-bond acceptors (Lipinski definition) is 6. The fourth-order valence-corrected chi connectivity index (χ4v) is 2.82. The third-order valence-corrected chi connectivity index (χ3v) is 3.78. The first-order chi connectivity index (χ1) is 10.3. The van der Waals surface area contributed by atoms with Crippen molar-refractivity contribution in [3.8, 4) is 5.75 Å². The van der Waals surface area contributed by atoms with E-state index in [-0.39, 0.29) is 6.61 Å². The van der Waals surface area contributed by atoms with Crippen LogP contribution in [-0.4, -0.2) is 17.1 Å². The normalized spacial score (nSPS) is 10.9. The van der Waals surface area contributed by atoms with Gasteiger partial charge in [-0.2, -0.15) is 0 Å². The van der Waals surface area contributed by atoms with E-state index in [9.17, 15) is 0 Å². The molecule has 6 heteroatoms. The number of thiophene rings is 1. The molecule has 0 saturated carbocycles. The highest BCUT2D eigenvalue weighted by Crippen LogP contribution is 2.23. The Hall–Kier alpha value is -2.18. The maximum Gasteiger partial charge on any atom is 0.169 e. The van der Waals surface area contributed by atoms with Crippen LogP contribution in [0.15, 0.2) is 35.7 Å². The van der Waals surface area contributed by atoms with E-state index in [1.54, 1.807) is 18.4 Å². The Morgan fingerprint density at radius 3 is 2.95 bits per heavy atom. The zero-order valence-corrected chi connectivity index (χ0v) is 12.4. The molecule has 0 aliphatic rings. The van der Waals surface area contributed by atoms with Crippen LogP contribution >= 0.6 is 11.3 Å². The predicted molar refractivity (Wildman–Crippen MR) is 83.3 cm³/mol. The minimum atomic E-state index is 0.286. The van der Waals surface area contributed by atoms with Crippen molar-refractivity contribution in [2.45, 2.75) is 13.2 Å². The van der Waals surface area contributed by atoms with E-state index in [0.29, 0.717) is 18.2 Å². The lowest BCUT2D eigenvalue weighted by molar-refractivity contribution is 0.184. The first kappa shape index (κ1) is 13.8. The first-order valence-corrected chi connectivity index (χ1v) is 7.34. The predicted octanol–water partition coefficient (Wildman–Crippen LogP) is 3.00. The van der Waals surface area contributed by atoms with E-state index >= 15 is 0 Å². The number of hydrogen-bond donors (Lipinski definition) is 1. The molecule has 5 nitrogen and oxygen atoms in total. The monoisotopic (exact) mass is 301 g/mol. The van der Waals surface area contributed by atoms with Crippen LogP contribution in [0, 0.1) is 0 Å². The van der Waals surface area contributed by atoms with Crippen LogP contribution in [-0.2, 0) is 18.0 Å². The highest BCUT2D eigenvalue weighted by atomic mass is 32.1. The molecule has 0 bridgehead atoms. The average Bonchev–Trinajstić information content (AvgIpc) is 2.95. The Labute approximate surface area is 126 Å². The molecule has 0 amide bonds. The summed E-state index contributed by atoms with van der Waals surface area (Å²) in [6.07, 6.45) is 0. The molecule has 21 heavy (non-hydrogen) atoms. The molecule has 1 aromatic carbocycles. The van der Waals surface area contributed by atoms with Gasteiger partial charge >= 0.3 is 0 Å². The largest absolute Gasteiger partial charge is 0.486 e. The van der Waals surface area contributed by atoms with Gasteiger partial charge in [-0.1, -0.05) is 12.1 Å². The molecular formula is C15H15N3O2S. The van der Waals surface area contributed by atoms with E-state index < -0.39 is 0 Å². The number of nitrogens with zero attached hydrogens (tertiary/aromatic N) is 2. The van der Waals surface area contributed by atoms with E-state index in [1.165, 1.54) is 0 Å². The van der Waals surface area contributed by atoms with Gasteiger partial charge in [0.05, 0.1) is 12.0 Å². The van der Waals surface area contributed by atoms with Gasteiger partial charge in [-0.15, -0.1) is 11.3 Å². The van der Waals surface area contributed by atoms with Crippen molar-refractivity contribution < 1.29 is 9.47 Å². The smallest absolute Gasteiger partial charge is 0.169 e. The number of ether oxygens (including phenoxy) is 2. The lowest BCUT2D eigenvalue weighted by Crippen LogP contribution is -2.04. The van der Waals surface area contributed by atoms with Crippen molar-refractivity contribution in [1.82, 2.24) is 9.97 Å². The van der Waals surface area contributed by atoms with Gasteiger partial charge < -0.3 is 15.2 Å². The zero-order chi connectivity index (χ0) is 14.7. The maximum atomic E-state index is 5.92. The average molecular weight is 301 g/mol. The Bertz CT molecular complexity index is 758. The molecule has 0 spiro atoms. The van der Waals surface area contributed by atoms with Crippen molar-refractivity contribution in [2.24, 2.45) is 0 Å². The van der Waals surface area contributed by atoms with Crippen LogP contribution in [0.25, 0.3) is 10.2 Å². The van der Waals surface area contributed by atoms with Crippen LogP contribution in [0.3, 0.4) is 0 Å². The Balaban J connectivity index is 1.75. The summed E-state index contributed by atoms with van der Waals surface area (Å²) in [6, 6.07) is 9.68. The number of rotatable bonds is 5. The molecule has 0 unspecified atom stereocenters. The summed E-state index contributed by atoms with van der Waals surface area (Å²) in [4.78, 5) is 9.60. The third-order valence-electron chi connectivity index (χ3n) is 2.98. The molecule has 3 rings (SSSR count). The molecule has 2 aromatic heterocycles. The van der Waals surface area contributed by atoms with Crippen LogP contribution in [0.5, 0.6) is 5.75 Å². The summed E-state index contributed by atoms with van der Waals surface area (Å²) in [5.41, 5.74) is 6.98. The van der Waals surface area contributed by atoms with Gasteiger partial charge in [0.2, 0.25) is 0 Å². The van der Waals surface area contributed by atoms with Crippen molar-refractivity contribution in [2.75, 3.05) is 12.8 Å². The molecule has 0 aliphatic carbocycles. The van der Waals surface area contributed by atoms with Crippen LogP contribution in [0.2, 0.25) is 0 Å². The molecule has 2 N–H and O–H groups in total. The van der Waals surface area contributed by atoms with Gasteiger partial charge in [-0.05, 0) is 29.1 Å². The highest BCUT2D eigenvalue weighted by molar-refractivity contribution is 7.16. The second-order valence-electron chi connectivity index (χ2n) is 4.53. The van der Waals surface area contributed by atoms with E-state index in [1.807, 2.05) is 35.7 Å². The molecule has 108 valence electrons. The van der Waals surface area contributed by atoms with Crippen LogP contribution in [0.4, 0.5) is 5.82 Å². The lowest BCUT2D eigenvalue weighted by Gasteiger charge is -2.07. The number of nitrogens with two attached hydrogens (primary N) is 1. The molecule has 0 saturated heterocycles. The van der Waals surface area contributed by atoms with E-state index in [0.717, 1.165) is 21.5 Å². The zero-order valence-electron chi connectivity index (χ0n) is 11.6. The third kappa shape index (κ3) is 3.12. The Morgan fingerprint density at radius 2 is 2.10 bits per heavy atom. The van der Waals surface area contributed by atoms with Crippen molar-refractivity contribution in [1.29, 1.82) is 0 Å². The highest BCUT2D eigenvalue weighted by Gasteiger charge is 2.07. The summed E-state index contributed by atoms with van der Waals surface area (Å²) in [5.74, 6) is 1.84. The quantitative estimate of drug-likeness (QED) is 0.784. The summed E-state index contributed by atoms with van der Waals surface area (Å²) in [6.45, 7) is 0.844. The van der Waals surface area contributed by atoms with Gasteiger partial charge in [0.1, 0.15) is 23.0 Å². The van der Waals surface area contributed by atoms with Crippen molar-refractivity contribution in [3.63, 3.8) is 0 Å². The molecule has 0 radical (unpaired) electrons. The molecule has 0 aliphatic heterocycles. The van der Waals surface area contributed by atoms with Gasteiger partial charge in [0.15, 0.2) is 5.82 Å². The number of nitrogen functional groups attached to an aromatic ring is 1. The van der Waals surface area contributed by atoms with Gasteiger partial charge in [-0.3, -0.25) is 0 Å². The van der Waals surface area contributed by atoms with Gasteiger partial charge in [0, 0.05) is 7.11 Å². The van der Waals surface area contributed by atoms with Crippen LogP contribution < -0.4 is 10.5 Å². The van der Waals surface area contributed by atoms with Crippen LogP contribution in [0.1, 0.15) is 11.4 Å². The lowest BCUT2D eigenvalue weighted by atomic mass is 10.2. The fourth-order valence-electron chi connectivity index (χ4n) is 2.03. The van der Waals surface area contributed by atoms with E-state index in [2.05, 4.69) is 9.97 Å². The number of methoxy groups -OCH3 is 1. The summed E-state index contributed by atoms with van der Waals surface area (Å²) < 4.78 is 10.8. The van der Waals surface area contributed by atoms with E-state index in [4.69, 9.17) is 15.2 Å². The summed E-state index contributed by atoms with van der Waals surface area (Å²) >= 11 is 1.54. The Kier molecular flexibility index (Phi) is 3.98. The molecular weight excluding hydrogens is 286 g/mol. The van der Waals surface area contributed by atoms with Gasteiger partial charge in [-0.25, -0.2) is 9.97 Å². The van der Waals surface area contributed by atoms with Gasteiger partial charge in [0.25, 0.3) is 0 Å². The maximum absolute atomic E-state index is 5.92. The molecule has 0 atom stereocenters. The second-order valence-corrected chi connectivity index (χ2v) is 5.43. The topological polar surface area (TPSA) is 70.3 Å². The number of aromatic nitrogens is 2. The SMILES string of the molecule is COCc1cccc(OCc2nc(N)c3ccsc3n2)c1. The Morgan fingerprint density at radius 1 is 1.19 bits per heavy atom. The summed E-state index contributed by atoms with van der Waals surface area (Å²) in [7, 11) is 1.67. The number of fused-ring (bicyclic) bond motifs is 1. The molecule has 3 aromatic rings. The molecule has 0 fully saturated rings. The van der Waals surface area contributed by atoms with Crippen molar-refractivity contribution >= 4 is 27.4 Å². The minimum absolute atomic E-state index is 0.286. The molecule has 2 heterocycles. The standard InChI is InChI=1S/C15H15N3O2S/c1-19-8-10-3-2-4-11(7-10)20-9-13-17-14(16)12-5-6-21-15(12)18-13/h2-7H,8-9H2,1H3,(H2,16,17,18). The first-order valence-electron chi connectivity index (χ1n) is 6.46. The minimum Gasteiger partial charge on any atom is -0.486 e. The summed E-state index contributed by atoms with van der Waals surface area (Å²) in [5, 5.41) is 2.85. The van der Waals surface area contributed by atoms with Crippen molar-refractivity contribution in [3.05, 3.63) is 47.1 Å². The fraction of sp³-hybridized carbons (Fsp3) is 0.200. The number of anilines is 1. The second kappa shape index (κ2) is 6.07.